The molecule has 0 unspecified atom stereocenters. The number of hydrazone groups is 1. The minimum Gasteiger partial charge on any atom is -0.378 e. The number of anilines is 3. The fourth-order valence-electron chi connectivity index (χ4n) is 3.87. The first-order valence-corrected chi connectivity index (χ1v) is 11.4. The summed E-state index contributed by atoms with van der Waals surface area (Å²) in [5.74, 6) is 0.433. The van der Waals surface area contributed by atoms with Crippen molar-refractivity contribution in [3.8, 4) is 0 Å². The van der Waals surface area contributed by atoms with Crippen LogP contribution in [0.15, 0.2) is 65.1 Å². The van der Waals surface area contributed by atoms with Crippen LogP contribution in [0.1, 0.15) is 11.1 Å². The van der Waals surface area contributed by atoms with Crippen LogP contribution in [-0.4, -0.2) is 79.9 Å². The van der Waals surface area contributed by atoms with Crippen molar-refractivity contribution in [3.05, 3.63) is 66.0 Å². The van der Waals surface area contributed by atoms with Gasteiger partial charge in [-0.2, -0.15) is 14.9 Å². The Morgan fingerprint density at radius 2 is 1.26 bits per heavy atom. The maximum Gasteiger partial charge on any atom is 0.265 e. The molecule has 0 atom stereocenters. The average molecular weight is 461 g/mol. The van der Waals surface area contributed by atoms with Crippen LogP contribution < -0.4 is 15.2 Å². The van der Waals surface area contributed by atoms with Gasteiger partial charge in [-0.3, -0.25) is 0 Å². The van der Waals surface area contributed by atoms with E-state index in [9.17, 15) is 0 Å². The molecule has 0 aliphatic carbocycles. The number of hydrogen-bond acceptors (Lipinski definition) is 9. The van der Waals surface area contributed by atoms with Crippen molar-refractivity contribution in [2.75, 3.05) is 67.8 Å². The number of aromatic nitrogens is 3. The lowest BCUT2D eigenvalue weighted by molar-refractivity contribution is 0.122. The predicted molar refractivity (Wildman–Crippen MR) is 133 cm³/mol. The van der Waals surface area contributed by atoms with Crippen molar-refractivity contribution in [2.24, 2.45) is 10.2 Å². The number of hydrogen-bond donors (Lipinski definition) is 1. The van der Waals surface area contributed by atoms with E-state index >= 15 is 0 Å². The minimum atomic E-state index is 0.433. The molecule has 0 spiro atoms. The fraction of sp³-hybridized carbons (Fsp3) is 0.333. The summed E-state index contributed by atoms with van der Waals surface area (Å²) in [4.78, 5) is 4.64. The minimum absolute atomic E-state index is 0.433. The SMILES string of the molecule is C(=NNc1nncn1N=Cc1ccc(N2CCOCC2)cc1)c1ccc(N2CCOCC2)cc1. The number of nitrogens with zero attached hydrogens (tertiary/aromatic N) is 7. The summed E-state index contributed by atoms with van der Waals surface area (Å²) in [7, 11) is 0. The fourth-order valence-corrected chi connectivity index (χ4v) is 3.87. The number of rotatable bonds is 7. The van der Waals surface area contributed by atoms with E-state index in [1.807, 2.05) is 24.3 Å². The third kappa shape index (κ3) is 5.59. The Kier molecular flexibility index (Phi) is 7.07. The van der Waals surface area contributed by atoms with Crippen LogP contribution in [0.4, 0.5) is 17.3 Å². The van der Waals surface area contributed by atoms with E-state index in [1.165, 1.54) is 17.7 Å². The molecular formula is C24H28N8O2. The smallest absolute Gasteiger partial charge is 0.265 e. The third-order valence-corrected chi connectivity index (χ3v) is 5.78. The molecule has 0 bridgehead atoms. The first kappa shape index (κ1) is 22.1. The lowest BCUT2D eigenvalue weighted by Gasteiger charge is -2.28. The standard InChI is InChI=1S/C24H28N8O2/c1-5-22(30-9-13-33-14-10-30)6-2-20(1)17-25-28-24-29-26-19-32(24)27-18-21-3-7-23(8-4-21)31-11-15-34-16-12-31/h1-8,17-19H,9-16H2,(H,28,29). The summed E-state index contributed by atoms with van der Waals surface area (Å²) in [6.07, 6.45) is 5.05. The molecule has 0 amide bonds. The van der Waals surface area contributed by atoms with E-state index in [4.69, 9.17) is 9.47 Å². The summed E-state index contributed by atoms with van der Waals surface area (Å²) in [6, 6.07) is 16.6. The maximum absolute atomic E-state index is 5.42. The molecule has 10 heteroatoms. The van der Waals surface area contributed by atoms with Gasteiger partial charge in [0.2, 0.25) is 0 Å². The third-order valence-electron chi connectivity index (χ3n) is 5.78. The maximum atomic E-state index is 5.42. The van der Waals surface area contributed by atoms with E-state index in [2.05, 4.69) is 59.9 Å². The molecule has 2 fully saturated rings. The Labute approximate surface area is 198 Å². The van der Waals surface area contributed by atoms with Gasteiger partial charge in [-0.25, -0.2) is 5.43 Å². The Bertz CT molecular complexity index is 1100. The Hall–Kier alpha value is -3.76. The first-order chi connectivity index (χ1) is 16.8. The van der Waals surface area contributed by atoms with Crippen LogP contribution >= 0.6 is 0 Å². The van der Waals surface area contributed by atoms with E-state index in [-0.39, 0.29) is 0 Å². The Balaban J connectivity index is 1.16. The normalized spacial score (nSPS) is 17.1. The van der Waals surface area contributed by atoms with Crippen LogP contribution in [0.25, 0.3) is 0 Å². The summed E-state index contributed by atoms with van der Waals surface area (Å²) in [5.41, 5.74) is 7.27. The molecule has 176 valence electrons. The van der Waals surface area contributed by atoms with Gasteiger partial charge in [0.1, 0.15) is 6.33 Å². The molecule has 34 heavy (non-hydrogen) atoms. The summed E-state index contributed by atoms with van der Waals surface area (Å²) in [5, 5.41) is 16.7. The molecule has 0 saturated carbocycles. The van der Waals surface area contributed by atoms with Crippen LogP contribution in [0.3, 0.4) is 0 Å². The van der Waals surface area contributed by atoms with Gasteiger partial charge in [0, 0.05) is 37.6 Å². The van der Waals surface area contributed by atoms with Crippen LogP contribution in [0.2, 0.25) is 0 Å². The van der Waals surface area contributed by atoms with Gasteiger partial charge < -0.3 is 19.3 Å². The number of benzene rings is 2. The topological polar surface area (TPSA) is 92.4 Å². The lowest BCUT2D eigenvalue weighted by atomic mass is 10.2. The van der Waals surface area contributed by atoms with Crippen molar-refractivity contribution in [3.63, 3.8) is 0 Å². The Morgan fingerprint density at radius 1 is 0.735 bits per heavy atom. The first-order valence-electron chi connectivity index (χ1n) is 11.4. The molecular weight excluding hydrogens is 432 g/mol. The highest BCUT2D eigenvalue weighted by Crippen LogP contribution is 2.17. The molecule has 5 rings (SSSR count). The summed E-state index contributed by atoms with van der Waals surface area (Å²) < 4.78 is 12.4. The van der Waals surface area contributed by atoms with Gasteiger partial charge in [0.15, 0.2) is 0 Å². The summed E-state index contributed by atoms with van der Waals surface area (Å²) >= 11 is 0. The van der Waals surface area contributed by atoms with Gasteiger partial charge >= 0.3 is 0 Å². The summed E-state index contributed by atoms with van der Waals surface area (Å²) in [6.45, 7) is 6.77. The van der Waals surface area contributed by atoms with Gasteiger partial charge in [-0.15, -0.1) is 10.2 Å². The highest BCUT2D eigenvalue weighted by atomic mass is 16.5. The zero-order valence-corrected chi connectivity index (χ0v) is 19.0. The zero-order valence-electron chi connectivity index (χ0n) is 19.0. The molecule has 3 heterocycles. The second-order valence-electron chi connectivity index (χ2n) is 8.00. The Morgan fingerprint density at radius 3 is 1.82 bits per heavy atom. The molecule has 1 aromatic heterocycles. The molecule has 1 N–H and O–H groups in total. The molecule has 2 aliphatic heterocycles. The van der Waals surface area contributed by atoms with Gasteiger partial charge in [0.05, 0.1) is 38.9 Å². The van der Waals surface area contributed by atoms with E-state index in [0.717, 1.165) is 63.7 Å². The van der Waals surface area contributed by atoms with Crippen molar-refractivity contribution >= 4 is 29.8 Å². The van der Waals surface area contributed by atoms with Crippen LogP contribution in [0.5, 0.6) is 0 Å². The highest BCUT2D eigenvalue weighted by molar-refractivity contribution is 5.81. The number of nitrogens with one attached hydrogen (secondary N) is 1. The molecule has 2 aromatic carbocycles. The van der Waals surface area contributed by atoms with E-state index in [0.29, 0.717) is 5.95 Å². The van der Waals surface area contributed by atoms with E-state index < -0.39 is 0 Å². The molecule has 2 aliphatic rings. The van der Waals surface area contributed by atoms with Gasteiger partial charge in [-0.05, 0) is 35.4 Å². The second-order valence-corrected chi connectivity index (χ2v) is 8.00. The second kappa shape index (κ2) is 10.9. The average Bonchev–Trinajstić information content (AvgIpc) is 3.36. The lowest BCUT2D eigenvalue weighted by Crippen LogP contribution is -2.36. The molecule has 10 nitrogen and oxygen atoms in total. The zero-order chi connectivity index (χ0) is 23.0. The van der Waals surface area contributed by atoms with Crippen LogP contribution in [0, 0.1) is 0 Å². The largest absolute Gasteiger partial charge is 0.378 e. The number of morpholine rings is 2. The van der Waals surface area contributed by atoms with Crippen molar-refractivity contribution < 1.29 is 9.47 Å². The number of ether oxygens (including phenoxy) is 2. The van der Waals surface area contributed by atoms with Crippen molar-refractivity contribution in [2.45, 2.75) is 0 Å². The molecule has 2 saturated heterocycles. The van der Waals surface area contributed by atoms with E-state index in [1.54, 1.807) is 17.1 Å². The quantitative estimate of drug-likeness (QED) is 0.427. The van der Waals surface area contributed by atoms with Crippen molar-refractivity contribution in [1.29, 1.82) is 0 Å². The van der Waals surface area contributed by atoms with Gasteiger partial charge in [-0.1, -0.05) is 24.3 Å². The molecule has 0 radical (unpaired) electrons. The molecule has 3 aromatic rings. The highest BCUT2D eigenvalue weighted by Gasteiger charge is 2.11. The monoisotopic (exact) mass is 460 g/mol. The van der Waals surface area contributed by atoms with Crippen LogP contribution in [-0.2, 0) is 9.47 Å². The predicted octanol–water partition coefficient (Wildman–Crippen LogP) is 2.28. The van der Waals surface area contributed by atoms with Gasteiger partial charge in [0.25, 0.3) is 5.95 Å². The van der Waals surface area contributed by atoms with Crippen molar-refractivity contribution in [1.82, 2.24) is 14.9 Å².